The first-order valence-corrected chi connectivity index (χ1v) is 8.26. The molecule has 104 valence electrons. The molecular formula is C13H19N3O2S. The van der Waals surface area contributed by atoms with Crippen molar-refractivity contribution in [1.82, 2.24) is 9.29 Å². The second-order valence-corrected chi connectivity index (χ2v) is 7.33. The SMILES string of the molecule is Nc1ccc(S(=O)(=O)N2CCC3CCCCC32)cn1. The molecule has 0 amide bonds. The third kappa shape index (κ3) is 2.23. The fourth-order valence-electron chi connectivity index (χ4n) is 3.34. The molecule has 5 nitrogen and oxygen atoms in total. The van der Waals surface area contributed by atoms with Crippen LogP contribution in [0.1, 0.15) is 32.1 Å². The normalized spacial score (nSPS) is 28.2. The fourth-order valence-corrected chi connectivity index (χ4v) is 5.02. The summed E-state index contributed by atoms with van der Waals surface area (Å²) in [6, 6.07) is 3.28. The lowest BCUT2D eigenvalue weighted by Crippen LogP contribution is -2.39. The van der Waals surface area contributed by atoms with Crippen LogP contribution in [0.3, 0.4) is 0 Å². The van der Waals surface area contributed by atoms with E-state index in [1.165, 1.54) is 12.6 Å². The highest BCUT2D eigenvalue weighted by molar-refractivity contribution is 7.89. The Bertz CT molecular complexity index is 556. The molecule has 2 N–H and O–H groups in total. The van der Waals surface area contributed by atoms with Crippen LogP contribution in [-0.2, 0) is 10.0 Å². The smallest absolute Gasteiger partial charge is 0.244 e. The van der Waals surface area contributed by atoms with Crippen molar-refractivity contribution in [2.45, 2.75) is 43.0 Å². The second kappa shape index (κ2) is 4.76. The van der Waals surface area contributed by atoms with Crippen molar-refractivity contribution in [3.63, 3.8) is 0 Å². The van der Waals surface area contributed by atoms with Crippen molar-refractivity contribution in [3.05, 3.63) is 18.3 Å². The van der Waals surface area contributed by atoms with Gasteiger partial charge in [-0.3, -0.25) is 0 Å². The standard InChI is InChI=1S/C13H19N3O2S/c14-13-6-5-11(9-15-13)19(17,18)16-8-7-10-3-1-2-4-12(10)16/h5-6,9-10,12H,1-4,7-8H2,(H2,14,15). The van der Waals surface area contributed by atoms with Gasteiger partial charge in [-0.25, -0.2) is 13.4 Å². The highest BCUT2D eigenvalue weighted by atomic mass is 32.2. The molecule has 2 heterocycles. The molecule has 2 atom stereocenters. The maximum Gasteiger partial charge on any atom is 0.244 e. The first kappa shape index (κ1) is 12.9. The molecule has 2 aliphatic rings. The molecule has 0 bridgehead atoms. The molecule has 1 aromatic heterocycles. The molecule has 3 rings (SSSR count). The lowest BCUT2D eigenvalue weighted by Gasteiger charge is -2.30. The Morgan fingerprint density at radius 3 is 2.74 bits per heavy atom. The van der Waals surface area contributed by atoms with Crippen LogP contribution in [0.2, 0.25) is 0 Å². The molecule has 0 radical (unpaired) electrons. The Morgan fingerprint density at radius 2 is 2.00 bits per heavy atom. The van der Waals surface area contributed by atoms with Gasteiger partial charge in [-0.1, -0.05) is 12.8 Å². The van der Waals surface area contributed by atoms with Gasteiger partial charge in [0.1, 0.15) is 10.7 Å². The van der Waals surface area contributed by atoms with Crippen molar-refractivity contribution in [2.24, 2.45) is 5.92 Å². The molecule has 2 fully saturated rings. The van der Waals surface area contributed by atoms with Crippen molar-refractivity contribution in [1.29, 1.82) is 0 Å². The summed E-state index contributed by atoms with van der Waals surface area (Å²) in [7, 11) is -3.41. The number of sulfonamides is 1. The zero-order valence-corrected chi connectivity index (χ0v) is 11.6. The lowest BCUT2D eigenvalue weighted by molar-refractivity contribution is 0.260. The number of fused-ring (bicyclic) bond motifs is 1. The number of nitrogen functional groups attached to an aromatic ring is 1. The fraction of sp³-hybridized carbons (Fsp3) is 0.615. The Kier molecular flexibility index (Phi) is 3.22. The number of pyridine rings is 1. The highest BCUT2D eigenvalue weighted by Crippen LogP contribution is 2.38. The van der Waals surface area contributed by atoms with Crippen LogP contribution in [0, 0.1) is 5.92 Å². The van der Waals surface area contributed by atoms with E-state index < -0.39 is 10.0 Å². The minimum atomic E-state index is -3.41. The van der Waals surface area contributed by atoms with E-state index in [-0.39, 0.29) is 10.9 Å². The van der Waals surface area contributed by atoms with Gasteiger partial charge < -0.3 is 5.73 Å². The lowest BCUT2D eigenvalue weighted by atomic mass is 9.86. The van der Waals surface area contributed by atoms with Crippen molar-refractivity contribution < 1.29 is 8.42 Å². The van der Waals surface area contributed by atoms with E-state index in [0.717, 1.165) is 25.7 Å². The summed E-state index contributed by atoms with van der Waals surface area (Å²) in [4.78, 5) is 4.15. The zero-order chi connectivity index (χ0) is 13.5. The summed E-state index contributed by atoms with van der Waals surface area (Å²) in [5, 5.41) is 0. The van der Waals surface area contributed by atoms with Crippen LogP contribution in [0.5, 0.6) is 0 Å². The van der Waals surface area contributed by atoms with Crippen LogP contribution in [0.15, 0.2) is 23.2 Å². The molecule has 19 heavy (non-hydrogen) atoms. The van der Waals surface area contributed by atoms with Gasteiger partial charge in [-0.2, -0.15) is 4.31 Å². The molecule has 1 aliphatic carbocycles. The molecule has 1 aliphatic heterocycles. The quantitative estimate of drug-likeness (QED) is 0.893. The largest absolute Gasteiger partial charge is 0.384 e. The summed E-state index contributed by atoms with van der Waals surface area (Å²) < 4.78 is 27.0. The van der Waals surface area contributed by atoms with Crippen molar-refractivity contribution >= 4 is 15.8 Å². The first-order chi connectivity index (χ1) is 9.09. The summed E-state index contributed by atoms with van der Waals surface area (Å²) in [6.07, 6.45) is 6.88. The number of nitrogens with zero attached hydrogens (tertiary/aromatic N) is 2. The first-order valence-electron chi connectivity index (χ1n) is 6.82. The van der Waals surface area contributed by atoms with Crippen LogP contribution in [0.25, 0.3) is 0 Å². The van der Waals surface area contributed by atoms with Gasteiger partial charge in [0, 0.05) is 18.8 Å². The van der Waals surface area contributed by atoms with Gasteiger partial charge in [-0.15, -0.1) is 0 Å². The van der Waals surface area contributed by atoms with E-state index in [2.05, 4.69) is 4.98 Å². The molecule has 0 spiro atoms. The average Bonchev–Trinajstić information content (AvgIpc) is 2.83. The van der Waals surface area contributed by atoms with E-state index in [4.69, 9.17) is 5.73 Å². The number of aromatic nitrogens is 1. The summed E-state index contributed by atoms with van der Waals surface area (Å²) >= 11 is 0. The minimum absolute atomic E-state index is 0.191. The van der Waals surface area contributed by atoms with Gasteiger partial charge >= 0.3 is 0 Å². The average molecular weight is 281 g/mol. The summed E-state index contributed by atoms with van der Waals surface area (Å²) in [5.41, 5.74) is 5.51. The van der Waals surface area contributed by atoms with E-state index in [1.54, 1.807) is 16.4 Å². The number of hydrogen-bond acceptors (Lipinski definition) is 4. The van der Waals surface area contributed by atoms with Crippen LogP contribution >= 0.6 is 0 Å². The van der Waals surface area contributed by atoms with Gasteiger partial charge in [0.05, 0.1) is 0 Å². The Morgan fingerprint density at radius 1 is 1.21 bits per heavy atom. The Labute approximate surface area is 113 Å². The summed E-state index contributed by atoms with van der Waals surface area (Å²) in [6.45, 7) is 0.641. The van der Waals surface area contributed by atoms with E-state index in [1.807, 2.05) is 0 Å². The number of rotatable bonds is 2. The topological polar surface area (TPSA) is 76.3 Å². The van der Waals surface area contributed by atoms with Crippen LogP contribution in [-0.4, -0.2) is 30.3 Å². The predicted molar refractivity (Wildman–Crippen MR) is 72.9 cm³/mol. The van der Waals surface area contributed by atoms with E-state index in [9.17, 15) is 8.42 Å². The third-order valence-electron chi connectivity index (χ3n) is 4.32. The van der Waals surface area contributed by atoms with E-state index in [0.29, 0.717) is 18.3 Å². The van der Waals surface area contributed by atoms with Gasteiger partial charge in [0.15, 0.2) is 0 Å². The monoisotopic (exact) mass is 281 g/mol. The molecule has 0 aromatic carbocycles. The highest BCUT2D eigenvalue weighted by Gasteiger charge is 2.42. The van der Waals surface area contributed by atoms with Gasteiger partial charge in [0.2, 0.25) is 10.0 Å². The van der Waals surface area contributed by atoms with Gasteiger partial charge in [0.25, 0.3) is 0 Å². The van der Waals surface area contributed by atoms with E-state index >= 15 is 0 Å². The number of hydrogen-bond donors (Lipinski definition) is 1. The number of nitrogens with two attached hydrogens (primary N) is 1. The zero-order valence-electron chi connectivity index (χ0n) is 10.8. The summed E-state index contributed by atoms with van der Waals surface area (Å²) in [5.74, 6) is 0.890. The molecule has 1 aromatic rings. The molecule has 6 heteroatoms. The molecular weight excluding hydrogens is 262 g/mol. The Hall–Kier alpha value is -1.14. The number of anilines is 1. The third-order valence-corrected chi connectivity index (χ3v) is 6.23. The van der Waals surface area contributed by atoms with Crippen molar-refractivity contribution in [2.75, 3.05) is 12.3 Å². The Balaban J connectivity index is 1.90. The van der Waals surface area contributed by atoms with Crippen LogP contribution < -0.4 is 5.73 Å². The van der Waals surface area contributed by atoms with Crippen LogP contribution in [0.4, 0.5) is 5.82 Å². The van der Waals surface area contributed by atoms with Gasteiger partial charge in [-0.05, 0) is 37.3 Å². The predicted octanol–water partition coefficient (Wildman–Crippen LogP) is 1.62. The molecule has 2 unspecified atom stereocenters. The maximum atomic E-state index is 12.6. The second-order valence-electron chi connectivity index (χ2n) is 5.44. The minimum Gasteiger partial charge on any atom is -0.384 e. The van der Waals surface area contributed by atoms with Crippen molar-refractivity contribution in [3.8, 4) is 0 Å². The molecule has 1 saturated heterocycles. The molecule has 1 saturated carbocycles. The maximum absolute atomic E-state index is 12.6.